The van der Waals surface area contributed by atoms with Crippen molar-refractivity contribution in [3.05, 3.63) is 35.4 Å². The molecule has 0 heterocycles. The highest BCUT2D eigenvalue weighted by molar-refractivity contribution is 5.32. The summed E-state index contributed by atoms with van der Waals surface area (Å²) in [6, 6.07) is 8.10. The van der Waals surface area contributed by atoms with Crippen LogP contribution in [-0.4, -0.2) is 5.11 Å². The van der Waals surface area contributed by atoms with Crippen LogP contribution in [0, 0.1) is 0 Å². The number of hydrogen-bond donors (Lipinski definition) is 2. The third-order valence-corrected chi connectivity index (χ3v) is 3.64. The first-order valence-electron chi connectivity index (χ1n) is 6.04. The summed E-state index contributed by atoms with van der Waals surface area (Å²) >= 11 is 0. The van der Waals surface area contributed by atoms with Crippen molar-refractivity contribution in [2.45, 2.75) is 50.7 Å². The molecule has 1 aliphatic carbocycles. The molecule has 1 saturated carbocycles. The van der Waals surface area contributed by atoms with Crippen LogP contribution in [0.5, 0.6) is 0 Å². The highest BCUT2D eigenvalue weighted by Gasteiger charge is 2.31. The fraction of sp³-hybridized carbons (Fsp3) is 0.571. The molecular formula is C14H21NO. The van der Waals surface area contributed by atoms with Crippen LogP contribution in [0.2, 0.25) is 0 Å². The first-order chi connectivity index (χ1) is 7.42. The SMILES string of the molecule is CC(C)(O)c1cccc(C2(N)CCCC2)c1. The molecule has 0 amide bonds. The third kappa shape index (κ3) is 2.13. The summed E-state index contributed by atoms with van der Waals surface area (Å²) in [6.45, 7) is 3.62. The van der Waals surface area contributed by atoms with Crippen molar-refractivity contribution in [3.8, 4) is 0 Å². The van der Waals surface area contributed by atoms with E-state index in [9.17, 15) is 5.11 Å². The Hall–Kier alpha value is -0.860. The van der Waals surface area contributed by atoms with Crippen molar-refractivity contribution in [1.29, 1.82) is 0 Å². The Labute approximate surface area is 97.5 Å². The lowest BCUT2D eigenvalue weighted by atomic mass is 9.86. The maximum Gasteiger partial charge on any atom is 0.0840 e. The van der Waals surface area contributed by atoms with Gasteiger partial charge in [-0.2, -0.15) is 0 Å². The summed E-state index contributed by atoms with van der Waals surface area (Å²) < 4.78 is 0. The molecule has 0 aromatic heterocycles. The van der Waals surface area contributed by atoms with E-state index in [4.69, 9.17) is 5.73 Å². The Morgan fingerprint density at radius 2 is 1.88 bits per heavy atom. The molecule has 88 valence electrons. The summed E-state index contributed by atoms with van der Waals surface area (Å²) in [7, 11) is 0. The third-order valence-electron chi connectivity index (χ3n) is 3.64. The van der Waals surface area contributed by atoms with Gasteiger partial charge in [-0.15, -0.1) is 0 Å². The Bertz CT molecular complexity index is 373. The number of hydrogen-bond acceptors (Lipinski definition) is 2. The van der Waals surface area contributed by atoms with Gasteiger partial charge in [-0.25, -0.2) is 0 Å². The van der Waals surface area contributed by atoms with Gasteiger partial charge in [0.15, 0.2) is 0 Å². The van der Waals surface area contributed by atoms with Crippen molar-refractivity contribution < 1.29 is 5.11 Å². The minimum absolute atomic E-state index is 0.165. The summed E-state index contributed by atoms with van der Waals surface area (Å²) in [6.07, 6.45) is 4.54. The Morgan fingerprint density at radius 1 is 1.25 bits per heavy atom. The minimum Gasteiger partial charge on any atom is -0.386 e. The van der Waals surface area contributed by atoms with Gasteiger partial charge in [-0.1, -0.05) is 37.1 Å². The summed E-state index contributed by atoms with van der Waals surface area (Å²) in [5.74, 6) is 0. The van der Waals surface area contributed by atoms with Crippen LogP contribution in [-0.2, 0) is 11.1 Å². The van der Waals surface area contributed by atoms with Crippen LogP contribution in [0.3, 0.4) is 0 Å². The molecule has 0 unspecified atom stereocenters. The second-order valence-corrected chi connectivity index (χ2v) is 5.50. The lowest BCUT2D eigenvalue weighted by Gasteiger charge is -2.26. The fourth-order valence-electron chi connectivity index (χ4n) is 2.50. The molecule has 0 bridgehead atoms. The second-order valence-electron chi connectivity index (χ2n) is 5.50. The van der Waals surface area contributed by atoms with Gasteiger partial charge in [0.05, 0.1) is 5.60 Å². The summed E-state index contributed by atoms with van der Waals surface area (Å²) in [4.78, 5) is 0. The van der Waals surface area contributed by atoms with Gasteiger partial charge in [-0.3, -0.25) is 0 Å². The summed E-state index contributed by atoms with van der Waals surface area (Å²) in [5, 5.41) is 10.00. The quantitative estimate of drug-likeness (QED) is 0.803. The number of benzene rings is 1. The van der Waals surface area contributed by atoms with Gasteiger partial charge >= 0.3 is 0 Å². The van der Waals surface area contributed by atoms with Gasteiger partial charge in [0.1, 0.15) is 0 Å². The first-order valence-corrected chi connectivity index (χ1v) is 6.04. The molecule has 2 nitrogen and oxygen atoms in total. The maximum absolute atomic E-state index is 10.00. The Balaban J connectivity index is 2.36. The van der Waals surface area contributed by atoms with Crippen LogP contribution >= 0.6 is 0 Å². The standard InChI is InChI=1S/C14H21NO/c1-13(2,16)11-6-5-7-12(10-11)14(15)8-3-4-9-14/h5-7,10,16H,3-4,8-9,15H2,1-2H3. The Morgan fingerprint density at radius 3 is 2.44 bits per heavy atom. The van der Waals surface area contributed by atoms with E-state index in [0.29, 0.717) is 0 Å². The molecule has 0 saturated heterocycles. The van der Waals surface area contributed by atoms with Crippen LogP contribution in [0.4, 0.5) is 0 Å². The van der Waals surface area contributed by atoms with E-state index in [1.807, 2.05) is 26.0 Å². The molecule has 0 radical (unpaired) electrons. The predicted molar refractivity (Wildman–Crippen MR) is 66.0 cm³/mol. The van der Waals surface area contributed by atoms with Crippen molar-refractivity contribution in [2.24, 2.45) is 5.73 Å². The largest absolute Gasteiger partial charge is 0.386 e. The molecule has 1 aromatic carbocycles. The fourth-order valence-corrected chi connectivity index (χ4v) is 2.50. The van der Waals surface area contributed by atoms with Crippen molar-refractivity contribution in [1.82, 2.24) is 0 Å². The zero-order valence-electron chi connectivity index (χ0n) is 10.2. The van der Waals surface area contributed by atoms with Crippen LogP contribution in [0.25, 0.3) is 0 Å². The number of rotatable bonds is 2. The second kappa shape index (κ2) is 3.86. The first kappa shape index (κ1) is 11.6. The van der Waals surface area contributed by atoms with Crippen LogP contribution in [0.1, 0.15) is 50.7 Å². The van der Waals surface area contributed by atoms with E-state index in [1.54, 1.807) is 0 Å². The van der Waals surface area contributed by atoms with Gasteiger partial charge in [0.2, 0.25) is 0 Å². The highest BCUT2D eigenvalue weighted by atomic mass is 16.3. The average molecular weight is 219 g/mol. The monoisotopic (exact) mass is 219 g/mol. The molecule has 0 aliphatic heterocycles. The number of nitrogens with two attached hydrogens (primary N) is 1. The highest BCUT2D eigenvalue weighted by Crippen LogP contribution is 2.37. The normalized spacial score (nSPS) is 20.0. The van der Waals surface area contributed by atoms with Gasteiger partial charge < -0.3 is 10.8 Å². The van der Waals surface area contributed by atoms with E-state index in [-0.39, 0.29) is 5.54 Å². The smallest absolute Gasteiger partial charge is 0.0840 e. The molecule has 1 aromatic rings. The van der Waals surface area contributed by atoms with Gasteiger partial charge in [0, 0.05) is 5.54 Å². The van der Waals surface area contributed by atoms with E-state index in [0.717, 1.165) is 18.4 Å². The molecule has 1 aliphatic rings. The van der Waals surface area contributed by atoms with Crippen molar-refractivity contribution in [2.75, 3.05) is 0 Å². The molecule has 16 heavy (non-hydrogen) atoms. The lowest BCUT2D eigenvalue weighted by Crippen LogP contribution is -2.33. The van der Waals surface area contributed by atoms with Gasteiger partial charge in [0.25, 0.3) is 0 Å². The zero-order valence-corrected chi connectivity index (χ0v) is 10.2. The molecular weight excluding hydrogens is 198 g/mol. The predicted octanol–water partition coefficient (Wildman–Crippen LogP) is 2.64. The maximum atomic E-state index is 10.00. The van der Waals surface area contributed by atoms with Crippen LogP contribution < -0.4 is 5.73 Å². The topological polar surface area (TPSA) is 46.2 Å². The summed E-state index contributed by atoms with van der Waals surface area (Å²) in [5.41, 5.74) is 7.58. The van der Waals surface area contributed by atoms with Crippen molar-refractivity contribution >= 4 is 0 Å². The Kier molecular flexibility index (Phi) is 2.81. The molecule has 3 N–H and O–H groups in total. The van der Waals surface area contributed by atoms with Crippen LogP contribution in [0.15, 0.2) is 24.3 Å². The minimum atomic E-state index is -0.787. The average Bonchev–Trinajstić information content (AvgIpc) is 2.66. The molecule has 0 spiro atoms. The van der Waals surface area contributed by atoms with E-state index >= 15 is 0 Å². The molecule has 1 fully saturated rings. The lowest BCUT2D eigenvalue weighted by molar-refractivity contribution is 0.0784. The number of aliphatic hydroxyl groups is 1. The van der Waals surface area contributed by atoms with E-state index < -0.39 is 5.60 Å². The molecule has 2 heteroatoms. The van der Waals surface area contributed by atoms with E-state index in [1.165, 1.54) is 18.4 Å². The zero-order chi connectivity index (χ0) is 11.8. The van der Waals surface area contributed by atoms with E-state index in [2.05, 4.69) is 12.1 Å². The molecule has 0 atom stereocenters. The molecule has 2 rings (SSSR count). The van der Waals surface area contributed by atoms with Crippen molar-refractivity contribution in [3.63, 3.8) is 0 Å². The van der Waals surface area contributed by atoms with Gasteiger partial charge in [-0.05, 0) is 37.8 Å².